The van der Waals surface area contributed by atoms with E-state index < -0.39 is 12.0 Å². The fourth-order valence-corrected chi connectivity index (χ4v) is 2.60. The third-order valence-corrected chi connectivity index (χ3v) is 4.00. The van der Waals surface area contributed by atoms with Gasteiger partial charge in [0.2, 0.25) is 11.7 Å². The summed E-state index contributed by atoms with van der Waals surface area (Å²) in [6.07, 6.45) is -2.17. The molecular formula is C12H16F3N5O. The van der Waals surface area contributed by atoms with Crippen LogP contribution in [-0.4, -0.2) is 38.2 Å². The molecule has 0 aromatic carbocycles. The predicted octanol–water partition coefficient (Wildman–Crippen LogP) is 0.766. The molecule has 0 spiro atoms. The first-order chi connectivity index (χ1) is 9.86. The Morgan fingerprint density at radius 1 is 1.33 bits per heavy atom. The number of fused-ring (bicyclic) bond motifs is 1. The molecule has 1 aromatic rings. The summed E-state index contributed by atoms with van der Waals surface area (Å²) < 4.78 is 39.2. The zero-order chi connectivity index (χ0) is 15.2. The van der Waals surface area contributed by atoms with Crippen LogP contribution in [0.1, 0.15) is 30.9 Å². The first-order valence-corrected chi connectivity index (χ1v) is 6.89. The van der Waals surface area contributed by atoms with Gasteiger partial charge in [-0.2, -0.15) is 13.2 Å². The fraction of sp³-hybridized carbons (Fsp3) is 0.750. The van der Waals surface area contributed by atoms with E-state index in [1.54, 1.807) is 0 Å². The minimum Gasteiger partial charge on any atom is -0.333 e. The van der Waals surface area contributed by atoms with E-state index in [1.165, 1.54) is 4.90 Å². The maximum atomic E-state index is 12.7. The molecule has 1 amide bonds. The molecule has 2 heterocycles. The van der Waals surface area contributed by atoms with E-state index in [9.17, 15) is 18.0 Å². The number of nitrogens with zero attached hydrogens (tertiary/aromatic N) is 4. The van der Waals surface area contributed by atoms with Crippen molar-refractivity contribution < 1.29 is 18.0 Å². The lowest BCUT2D eigenvalue weighted by Gasteiger charge is -2.29. The summed E-state index contributed by atoms with van der Waals surface area (Å²) in [5, 5.41) is 6.74. The molecule has 1 atom stereocenters. The van der Waals surface area contributed by atoms with Crippen molar-refractivity contribution >= 4 is 5.91 Å². The van der Waals surface area contributed by atoms with E-state index in [-0.39, 0.29) is 43.8 Å². The van der Waals surface area contributed by atoms with Crippen molar-refractivity contribution in [3.63, 3.8) is 0 Å². The third kappa shape index (κ3) is 2.87. The average molecular weight is 303 g/mol. The number of aromatic nitrogens is 3. The van der Waals surface area contributed by atoms with Gasteiger partial charge in [0, 0.05) is 25.6 Å². The summed E-state index contributed by atoms with van der Waals surface area (Å²) in [4.78, 5) is 13.6. The Hall–Kier alpha value is -1.64. The molecule has 2 aliphatic rings. The van der Waals surface area contributed by atoms with Gasteiger partial charge in [0.25, 0.3) is 0 Å². The van der Waals surface area contributed by atoms with Gasteiger partial charge in [0.05, 0.1) is 6.54 Å². The van der Waals surface area contributed by atoms with Crippen molar-refractivity contribution in [3.05, 3.63) is 11.6 Å². The number of hydrogen-bond acceptors (Lipinski definition) is 4. The monoisotopic (exact) mass is 303 g/mol. The van der Waals surface area contributed by atoms with Crippen LogP contribution in [0.3, 0.4) is 0 Å². The van der Waals surface area contributed by atoms with E-state index in [0.29, 0.717) is 5.92 Å². The molecule has 1 aromatic heterocycles. The summed E-state index contributed by atoms with van der Waals surface area (Å²) in [7, 11) is 0. The lowest BCUT2D eigenvalue weighted by Crippen LogP contribution is -2.42. The van der Waals surface area contributed by atoms with E-state index in [4.69, 9.17) is 5.73 Å². The number of carbonyl (C=O) groups excluding carboxylic acids is 1. The summed E-state index contributed by atoms with van der Waals surface area (Å²) in [6, 6.07) is -0.150. The number of nitrogens with two attached hydrogens (primary N) is 1. The molecule has 0 saturated heterocycles. The Kier molecular flexibility index (Phi) is 3.39. The van der Waals surface area contributed by atoms with Crippen molar-refractivity contribution in [1.29, 1.82) is 0 Å². The lowest BCUT2D eigenvalue weighted by molar-refractivity contribution is -0.148. The highest BCUT2D eigenvalue weighted by Gasteiger charge is 2.40. The summed E-state index contributed by atoms with van der Waals surface area (Å²) >= 11 is 0. The molecule has 6 nitrogen and oxygen atoms in total. The summed E-state index contributed by atoms with van der Waals surface area (Å²) in [5.41, 5.74) is 5.91. The minimum atomic E-state index is -4.52. The van der Waals surface area contributed by atoms with E-state index in [0.717, 1.165) is 17.4 Å². The van der Waals surface area contributed by atoms with Gasteiger partial charge in [-0.3, -0.25) is 4.79 Å². The second kappa shape index (κ2) is 4.97. The molecule has 0 bridgehead atoms. The standard InChI is InChI=1S/C12H16F3N5O/c13-12(14,15)11-18-17-9-6-19(3-4-20(9)11)10(21)5-8(16)7-1-2-7/h7-8H,1-6,16H2. The SMILES string of the molecule is NC(CC(=O)N1CCn2c(nnc2C(F)(F)F)C1)C1CC1. The number of alkyl halides is 3. The van der Waals surface area contributed by atoms with E-state index in [1.807, 2.05) is 0 Å². The molecule has 2 N–H and O–H groups in total. The fourth-order valence-electron chi connectivity index (χ4n) is 2.60. The van der Waals surface area contributed by atoms with Gasteiger partial charge in [-0.25, -0.2) is 0 Å². The van der Waals surface area contributed by atoms with Crippen LogP contribution in [0.15, 0.2) is 0 Å². The van der Waals surface area contributed by atoms with Crippen LogP contribution >= 0.6 is 0 Å². The molecule has 21 heavy (non-hydrogen) atoms. The lowest BCUT2D eigenvalue weighted by atomic mass is 10.1. The van der Waals surface area contributed by atoms with Gasteiger partial charge in [-0.05, 0) is 18.8 Å². The number of carbonyl (C=O) groups is 1. The maximum absolute atomic E-state index is 12.7. The zero-order valence-corrected chi connectivity index (χ0v) is 11.3. The smallest absolute Gasteiger partial charge is 0.333 e. The number of hydrogen-bond donors (Lipinski definition) is 1. The molecule has 1 saturated carbocycles. The molecule has 3 rings (SSSR count). The van der Waals surface area contributed by atoms with Gasteiger partial charge < -0.3 is 15.2 Å². The molecule has 1 unspecified atom stereocenters. The number of halogens is 3. The maximum Gasteiger partial charge on any atom is 0.451 e. The Balaban J connectivity index is 1.67. The quantitative estimate of drug-likeness (QED) is 0.894. The Morgan fingerprint density at radius 2 is 2.05 bits per heavy atom. The predicted molar refractivity (Wildman–Crippen MR) is 65.8 cm³/mol. The second-order valence-electron chi connectivity index (χ2n) is 5.61. The molecule has 0 radical (unpaired) electrons. The van der Waals surface area contributed by atoms with Crippen LogP contribution in [-0.2, 0) is 24.1 Å². The van der Waals surface area contributed by atoms with Crippen LogP contribution in [0.4, 0.5) is 13.2 Å². The highest BCUT2D eigenvalue weighted by molar-refractivity contribution is 5.77. The van der Waals surface area contributed by atoms with E-state index >= 15 is 0 Å². The minimum absolute atomic E-state index is 0.0549. The molecule has 116 valence electrons. The van der Waals surface area contributed by atoms with Gasteiger partial charge in [-0.1, -0.05) is 0 Å². The molecule has 1 fully saturated rings. The topological polar surface area (TPSA) is 77.0 Å². The first-order valence-electron chi connectivity index (χ1n) is 6.89. The second-order valence-corrected chi connectivity index (χ2v) is 5.61. The molecule has 1 aliphatic carbocycles. The van der Waals surface area contributed by atoms with Gasteiger partial charge in [0.1, 0.15) is 0 Å². The van der Waals surface area contributed by atoms with Crippen LogP contribution in [0.2, 0.25) is 0 Å². The van der Waals surface area contributed by atoms with Crippen LogP contribution in [0.25, 0.3) is 0 Å². The van der Waals surface area contributed by atoms with Crippen molar-refractivity contribution in [1.82, 2.24) is 19.7 Å². The van der Waals surface area contributed by atoms with Crippen LogP contribution in [0, 0.1) is 5.92 Å². The highest BCUT2D eigenvalue weighted by atomic mass is 19.4. The molecular weight excluding hydrogens is 287 g/mol. The molecule has 9 heteroatoms. The average Bonchev–Trinajstić information content (AvgIpc) is 3.16. The van der Waals surface area contributed by atoms with Gasteiger partial charge >= 0.3 is 6.18 Å². The molecule has 1 aliphatic heterocycles. The third-order valence-electron chi connectivity index (χ3n) is 4.00. The largest absolute Gasteiger partial charge is 0.451 e. The number of amides is 1. The zero-order valence-electron chi connectivity index (χ0n) is 11.3. The Bertz CT molecular complexity index is 552. The summed E-state index contributed by atoms with van der Waals surface area (Å²) in [6.45, 7) is 0.339. The number of rotatable bonds is 3. The van der Waals surface area contributed by atoms with Crippen LogP contribution < -0.4 is 5.73 Å². The van der Waals surface area contributed by atoms with Crippen molar-refractivity contribution in [3.8, 4) is 0 Å². The normalized spacial score (nSPS) is 20.3. The van der Waals surface area contributed by atoms with Crippen molar-refractivity contribution in [2.45, 2.75) is 44.6 Å². The van der Waals surface area contributed by atoms with Crippen LogP contribution in [0.5, 0.6) is 0 Å². The highest BCUT2D eigenvalue weighted by Crippen LogP contribution is 2.33. The van der Waals surface area contributed by atoms with Gasteiger partial charge in [-0.15, -0.1) is 10.2 Å². The Morgan fingerprint density at radius 3 is 2.67 bits per heavy atom. The van der Waals surface area contributed by atoms with Gasteiger partial charge in [0.15, 0.2) is 5.82 Å². The van der Waals surface area contributed by atoms with Crippen molar-refractivity contribution in [2.75, 3.05) is 6.54 Å². The first kappa shape index (κ1) is 14.3. The summed E-state index contributed by atoms with van der Waals surface area (Å²) in [5.74, 6) is -0.544. The Labute approximate surface area is 119 Å². The van der Waals surface area contributed by atoms with E-state index in [2.05, 4.69) is 10.2 Å². The van der Waals surface area contributed by atoms with Crippen molar-refractivity contribution in [2.24, 2.45) is 11.7 Å².